The number of halogens is 2. The Hall–Kier alpha value is -2.30. The molecule has 0 radical (unpaired) electrons. The van der Waals surface area contributed by atoms with Crippen molar-refractivity contribution in [3.8, 4) is 0 Å². The summed E-state index contributed by atoms with van der Waals surface area (Å²) in [5, 5.41) is 6.52. The number of allylic oxidation sites excluding steroid dienone is 1. The average Bonchev–Trinajstić information content (AvgIpc) is 2.70. The molecule has 1 aliphatic heterocycles. The molecule has 2 amide bonds. The molecule has 3 rings (SSSR count). The third-order valence-corrected chi connectivity index (χ3v) is 4.53. The fourth-order valence-corrected chi connectivity index (χ4v) is 2.69. The minimum absolute atomic E-state index is 0.323. The van der Waals surface area contributed by atoms with Crippen molar-refractivity contribution in [3.05, 3.63) is 70.3 Å². The third-order valence-electron chi connectivity index (χ3n) is 3.72. The van der Waals surface area contributed by atoms with Crippen LogP contribution in [-0.4, -0.2) is 11.7 Å². The van der Waals surface area contributed by atoms with Gasteiger partial charge in [-0.25, -0.2) is 4.79 Å². The largest absolute Gasteiger partial charge is 0.353 e. The quantitative estimate of drug-likeness (QED) is 0.675. The number of rotatable bonds is 2. The first kappa shape index (κ1) is 16.6. The molecule has 0 fully saturated rings. The van der Waals surface area contributed by atoms with E-state index in [4.69, 9.17) is 23.2 Å². The Labute approximate surface area is 150 Å². The summed E-state index contributed by atoms with van der Waals surface area (Å²) >= 11 is 12.4. The molecule has 122 valence electrons. The minimum Gasteiger partial charge on any atom is -0.266 e. The van der Waals surface area contributed by atoms with Gasteiger partial charge >= 0.3 is 6.03 Å². The molecule has 0 aliphatic carbocycles. The molecule has 1 aliphatic rings. The second-order valence-electron chi connectivity index (χ2n) is 5.37. The Morgan fingerprint density at radius 1 is 0.958 bits per heavy atom. The topological polar surface area (TPSA) is 35.9 Å². The fraction of sp³-hybridized carbons (Fsp3) is 0.111. The number of benzene rings is 2. The van der Waals surface area contributed by atoms with Crippen molar-refractivity contribution in [1.29, 1.82) is 0 Å². The van der Waals surface area contributed by atoms with E-state index in [0.29, 0.717) is 21.4 Å². The second kappa shape index (κ2) is 6.67. The maximum Gasteiger partial charge on any atom is 0.353 e. The standard InChI is InChI=1S/C18H15Cl2N3O/c1-12-11-22(16-10-6-9-15(19)17(16)20)18(24)23(21-13(12)2)14-7-4-3-5-8-14/h3-11H,1-2H3. The number of carbonyl (C=O) groups is 1. The van der Waals surface area contributed by atoms with Crippen LogP contribution in [0.2, 0.25) is 10.0 Å². The van der Waals surface area contributed by atoms with E-state index < -0.39 is 0 Å². The molecule has 0 atom stereocenters. The summed E-state index contributed by atoms with van der Waals surface area (Å²) in [6, 6.07) is 14.1. The highest BCUT2D eigenvalue weighted by Crippen LogP contribution is 2.35. The highest BCUT2D eigenvalue weighted by atomic mass is 35.5. The lowest BCUT2D eigenvalue weighted by molar-refractivity contribution is 0.253. The van der Waals surface area contributed by atoms with Crippen LogP contribution in [0.5, 0.6) is 0 Å². The summed E-state index contributed by atoms with van der Waals surface area (Å²) in [5.41, 5.74) is 2.79. The van der Waals surface area contributed by atoms with E-state index in [-0.39, 0.29) is 6.03 Å². The van der Waals surface area contributed by atoms with E-state index in [2.05, 4.69) is 5.10 Å². The van der Waals surface area contributed by atoms with Crippen molar-refractivity contribution in [2.24, 2.45) is 5.10 Å². The van der Waals surface area contributed by atoms with Crippen LogP contribution in [0.3, 0.4) is 0 Å². The molecule has 0 saturated heterocycles. The second-order valence-corrected chi connectivity index (χ2v) is 6.16. The number of nitrogens with zero attached hydrogens (tertiary/aromatic N) is 3. The summed E-state index contributed by atoms with van der Waals surface area (Å²) in [5.74, 6) is 0. The van der Waals surface area contributed by atoms with E-state index in [0.717, 1.165) is 11.3 Å². The van der Waals surface area contributed by atoms with Crippen LogP contribution in [0.25, 0.3) is 0 Å². The zero-order valence-corrected chi connectivity index (χ0v) is 14.7. The lowest BCUT2D eigenvalue weighted by Crippen LogP contribution is -2.37. The van der Waals surface area contributed by atoms with Gasteiger partial charge in [0.05, 0.1) is 27.1 Å². The lowest BCUT2D eigenvalue weighted by atomic mass is 10.2. The number of hydrogen-bond donors (Lipinski definition) is 0. The predicted molar refractivity (Wildman–Crippen MR) is 100 cm³/mol. The Balaban J connectivity index is 2.13. The van der Waals surface area contributed by atoms with Crippen LogP contribution in [0.15, 0.2) is 65.4 Å². The van der Waals surface area contributed by atoms with Gasteiger partial charge < -0.3 is 0 Å². The van der Waals surface area contributed by atoms with Gasteiger partial charge in [0.1, 0.15) is 0 Å². The minimum atomic E-state index is -0.332. The normalized spacial score (nSPS) is 15.1. The zero-order chi connectivity index (χ0) is 17.3. The number of anilines is 2. The number of carbonyl (C=O) groups excluding carboxylic acids is 1. The molecule has 0 spiro atoms. The first-order valence-corrected chi connectivity index (χ1v) is 8.11. The Bertz CT molecular complexity index is 847. The van der Waals surface area contributed by atoms with Crippen molar-refractivity contribution in [1.82, 2.24) is 0 Å². The van der Waals surface area contributed by atoms with Gasteiger partial charge in [0, 0.05) is 6.20 Å². The van der Waals surface area contributed by atoms with Crippen molar-refractivity contribution in [2.75, 3.05) is 9.91 Å². The maximum atomic E-state index is 13.1. The summed E-state index contributed by atoms with van der Waals surface area (Å²) in [6.45, 7) is 3.75. The number of hydrazone groups is 1. The fourth-order valence-electron chi connectivity index (χ4n) is 2.30. The Morgan fingerprint density at radius 3 is 2.38 bits per heavy atom. The molecule has 0 aromatic heterocycles. The molecular formula is C18H15Cl2N3O. The van der Waals surface area contributed by atoms with Crippen molar-refractivity contribution >= 4 is 46.3 Å². The Kier molecular flexibility index (Phi) is 4.60. The smallest absolute Gasteiger partial charge is 0.266 e. The zero-order valence-electron chi connectivity index (χ0n) is 13.2. The van der Waals surface area contributed by atoms with Gasteiger partial charge in [0.2, 0.25) is 0 Å². The van der Waals surface area contributed by atoms with Gasteiger partial charge in [-0.1, -0.05) is 47.5 Å². The summed E-state index contributed by atoms with van der Waals surface area (Å²) in [6.07, 6.45) is 1.72. The van der Waals surface area contributed by atoms with Crippen LogP contribution in [0.1, 0.15) is 13.8 Å². The van der Waals surface area contributed by atoms with E-state index in [1.165, 1.54) is 9.91 Å². The van der Waals surface area contributed by atoms with Gasteiger partial charge in [-0.3, -0.25) is 4.90 Å². The van der Waals surface area contributed by atoms with Crippen molar-refractivity contribution in [2.45, 2.75) is 13.8 Å². The first-order valence-electron chi connectivity index (χ1n) is 7.35. The SMILES string of the molecule is CC1=CN(c2cccc(Cl)c2Cl)C(=O)N(c2ccccc2)N=C1C. The summed E-state index contributed by atoms with van der Waals surface area (Å²) in [4.78, 5) is 14.6. The Morgan fingerprint density at radius 2 is 1.67 bits per heavy atom. The summed E-state index contributed by atoms with van der Waals surface area (Å²) in [7, 11) is 0. The number of hydrogen-bond acceptors (Lipinski definition) is 2. The van der Waals surface area contributed by atoms with Crippen LogP contribution >= 0.6 is 23.2 Å². The van der Waals surface area contributed by atoms with E-state index in [1.54, 1.807) is 24.4 Å². The molecule has 2 aromatic carbocycles. The predicted octanol–water partition coefficient (Wildman–Crippen LogP) is 5.72. The number of urea groups is 1. The highest BCUT2D eigenvalue weighted by Gasteiger charge is 2.27. The molecule has 24 heavy (non-hydrogen) atoms. The van der Waals surface area contributed by atoms with E-state index >= 15 is 0 Å². The highest BCUT2D eigenvalue weighted by molar-refractivity contribution is 6.44. The van der Waals surface area contributed by atoms with Crippen LogP contribution in [0, 0.1) is 0 Å². The molecular weight excluding hydrogens is 345 g/mol. The molecule has 1 heterocycles. The van der Waals surface area contributed by atoms with Crippen LogP contribution in [-0.2, 0) is 0 Å². The van der Waals surface area contributed by atoms with Gasteiger partial charge in [-0.15, -0.1) is 0 Å². The molecule has 0 saturated carbocycles. The first-order chi connectivity index (χ1) is 11.5. The molecule has 0 bridgehead atoms. The molecule has 0 unspecified atom stereocenters. The van der Waals surface area contributed by atoms with Gasteiger partial charge in [0.25, 0.3) is 0 Å². The van der Waals surface area contributed by atoms with Gasteiger partial charge in [0.15, 0.2) is 0 Å². The van der Waals surface area contributed by atoms with Crippen LogP contribution in [0.4, 0.5) is 16.2 Å². The summed E-state index contributed by atoms with van der Waals surface area (Å²) < 4.78 is 0. The van der Waals surface area contributed by atoms with E-state index in [1.807, 2.05) is 44.2 Å². The number of para-hydroxylation sites is 1. The molecule has 0 N–H and O–H groups in total. The number of amides is 2. The maximum absolute atomic E-state index is 13.1. The monoisotopic (exact) mass is 359 g/mol. The third kappa shape index (κ3) is 3.03. The van der Waals surface area contributed by atoms with Gasteiger partial charge in [-0.2, -0.15) is 10.1 Å². The average molecular weight is 360 g/mol. The molecule has 6 heteroatoms. The molecule has 4 nitrogen and oxygen atoms in total. The van der Waals surface area contributed by atoms with Gasteiger partial charge in [-0.05, 0) is 43.7 Å². The van der Waals surface area contributed by atoms with Crippen molar-refractivity contribution in [3.63, 3.8) is 0 Å². The molecule has 2 aromatic rings. The van der Waals surface area contributed by atoms with Crippen molar-refractivity contribution < 1.29 is 4.79 Å². The van der Waals surface area contributed by atoms with Crippen LogP contribution < -0.4 is 9.91 Å². The van der Waals surface area contributed by atoms with E-state index in [9.17, 15) is 4.79 Å². The lowest BCUT2D eigenvalue weighted by Gasteiger charge is -2.24.